The zero-order chi connectivity index (χ0) is 21.0. The molecule has 0 heterocycles. The van der Waals surface area contributed by atoms with E-state index in [2.05, 4.69) is 0 Å². The first kappa shape index (κ1) is 21.1. The zero-order valence-corrected chi connectivity index (χ0v) is 17.0. The molecule has 156 valence electrons. The van der Waals surface area contributed by atoms with Crippen LogP contribution in [0.15, 0.2) is 36.4 Å². The molecule has 1 saturated carbocycles. The maximum atomic E-state index is 14.5. The Hall–Kier alpha value is -2.60. The average molecular weight is 402 g/mol. The van der Waals surface area contributed by atoms with Crippen molar-refractivity contribution in [3.05, 3.63) is 47.8 Å². The van der Waals surface area contributed by atoms with Gasteiger partial charge in [0.05, 0.1) is 25.2 Å². The van der Waals surface area contributed by atoms with Crippen molar-refractivity contribution < 1.29 is 28.5 Å². The third kappa shape index (κ3) is 5.48. The topological polar surface area (TPSA) is 65.0 Å². The first-order valence-electron chi connectivity index (χ1n) is 9.83. The normalized spacial score (nSPS) is 18.0. The molecule has 6 heteroatoms. The molecule has 0 aliphatic heterocycles. The van der Waals surface area contributed by atoms with E-state index >= 15 is 0 Å². The third-order valence-corrected chi connectivity index (χ3v) is 4.95. The predicted octanol–water partition coefficient (Wildman–Crippen LogP) is 4.57. The molecule has 1 fully saturated rings. The molecule has 1 aliphatic carbocycles. The summed E-state index contributed by atoms with van der Waals surface area (Å²) in [6.45, 7) is 4.71. The summed E-state index contributed by atoms with van der Waals surface area (Å²) in [6.07, 6.45) is 1.25. The van der Waals surface area contributed by atoms with Crippen LogP contribution in [0.4, 0.5) is 4.39 Å². The molecule has 1 N–H and O–H groups in total. The predicted molar refractivity (Wildman–Crippen MR) is 108 cm³/mol. The lowest BCUT2D eigenvalue weighted by Gasteiger charge is -2.15. The molecular weight excluding hydrogens is 375 g/mol. The van der Waals surface area contributed by atoms with Crippen LogP contribution in [0.5, 0.6) is 11.5 Å². The number of carboxylic acids is 1. The van der Waals surface area contributed by atoms with E-state index in [-0.39, 0.29) is 23.8 Å². The van der Waals surface area contributed by atoms with Crippen LogP contribution in [0.25, 0.3) is 11.1 Å². The van der Waals surface area contributed by atoms with Crippen molar-refractivity contribution in [2.45, 2.75) is 32.8 Å². The summed E-state index contributed by atoms with van der Waals surface area (Å²) >= 11 is 0. The molecule has 0 aromatic heterocycles. The van der Waals surface area contributed by atoms with Crippen molar-refractivity contribution in [1.82, 2.24) is 0 Å². The molecule has 0 amide bonds. The fourth-order valence-electron chi connectivity index (χ4n) is 3.30. The van der Waals surface area contributed by atoms with Gasteiger partial charge in [-0.2, -0.15) is 0 Å². The highest BCUT2D eigenvalue weighted by Crippen LogP contribution is 2.39. The molecule has 2 aromatic rings. The van der Waals surface area contributed by atoms with Crippen molar-refractivity contribution in [2.75, 3.05) is 20.3 Å². The Kier molecular flexibility index (Phi) is 6.75. The van der Waals surface area contributed by atoms with Crippen LogP contribution < -0.4 is 9.47 Å². The second kappa shape index (κ2) is 9.27. The maximum absolute atomic E-state index is 14.5. The maximum Gasteiger partial charge on any atom is 0.306 e. The minimum absolute atomic E-state index is 0.00148. The molecule has 2 aromatic carbocycles. The largest absolute Gasteiger partial charge is 0.493 e. The van der Waals surface area contributed by atoms with E-state index < -0.39 is 5.97 Å². The minimum Gasteiger partial charge on any atom is -0.493 e. The lowest BCUT2D eigenvalue weighted by molar-refractivity contribution is -0.138. The Morgan fingerprint density at radius 3 is 2.69 bits per heavy atom. The standard InChI is InChI=1S/C23H27FO5/c1-14(2)29-18-5-6-21(24)19(12-18)15-4-7-22(16(10-15)8-9-27-3)28-13-17-11-20(17)23(25)26/h4-7,10,12,14,17,20H,8-9,11,13H2,1-3H3,(H,25,26)/t17-,20+/m0/s1. The molecule has 1 aliphatic rings. The second-order valence-electron chi connectivity index (χ2n) is 7.63. The summed E-state index contributed by atoms with van der Waals surface area (Å²) in [5.41, 5.74) is 2.08. The molecule has 0 radical (unpaired) electrons. The summed E-state index contributed by atoms with van der Waals surface area (Å²) in [5, 5.41) is 9.04. The molecule has 0 saturated heterocycles. The molecule has 3 rings (SSSR count). The van der Waals surface area contributed by atoms with Gasteiger partial charge in [-0.3, -0.25) is 4.79 Å². The number of methoxy groups -OCH3 is 1. The first-order chi connectivity index (χ1) is 13.9. The third-order valence-electron chi connectivity index (χ3n) is 4.95. The van der Waals surface area contributed by atoms with Gasteiger partial charge in [0.15, 0.2) is 0 Å². The minimum atomic E-state index is -0.771. The van der Waals surface area contributed by atoms with Crippen molar-refractivity contribution in [3.63, 3.8) is 0 Å². The van der Waals surface area contributed by atoms with Gasteiger partial charge in [-0.15, -0.1) is 0 Å². The number of hydrogen-bond acceptors (Lipinski definition) is 4. The van der Waals surface area contributed by atoms with Gasteiger partial charge in [-0.25, -0.2) is 4.39 Å². The van der Waals surface area contributed by atoms with Crippen LogP contribution in [-0.4, -0.2) is 37.5 Å². The van der Waals surface area contributed by atoms with Crippen LogP contribution in [0.1, 0.15) is 25.8 Å². The number of halogens is 1. The Labute approximate surface area is 170 Å². The first-order valence-corrected chi connectivity index (χ1v) is 9.83. The highest BCUT2D eigenvalue weighted by Gasteiger charge is 2.43. The molecular formula is C23H27FO5. The molecule has 0 spiro atoms. The Morgan fingerprint density at radius 1 is 1.24 bits per heavy atom. The average Bonchev–Trinajstić information content (AvgIpc) is 3.46. The van der Waals surface area contributed by atoms with E-state index in [1.165, 1.54) is 6.07 Å². The Morgan fingerprint density at radius 2 is 2.03 bits per heavy atom. The zero-order valence-electron chi connectivity index (χ0n) is 17.0. The molecule has 0 unspecified atom stereocenters. The van der Waals surface area contributed by atoms with Gasteiger partial charge < -0.3 is 19.3 Å². The van der Waals surface area contributed by atoms with E-state index in [1.807, 2.05) is 32.0 Å². The van der Waals surface area contributed by atoms with Gasteiger partial charge in [-0.05, 0) is 68.1 Å². The van der Waals surface area contributed by atoms with Crippen LogP contribution in [0, 0.1) is 17.7 Å². The van der Waals surface area contributed by atoms with Crippen molar-refractivity contribution in [1.29, 1.82) is 0 Å². The Balaban J connectivity index is 1.82. The van der Waals surface area contributed by atoms with E-state index in [1.54, 1.807) is 19.2 Å². The van der Waals surface area contributed by atoms with Crippen LogP contribution in [-0.2, 0) is 16.0 Å². The van der Waals surface area contributed by atoms with Gasteiger partial charge in [0, 0.05) is 18.6 Å². The number of carboxylic acid groups (broad SMARTS) is 1. The van der Waals surface area contributed by atoms with Crippen LogP contribution >= 0.6 is 0 Å². The fourth-order valence-corrected chi connectivity index (χ4v) is 3.30. The van der Waals surface area contributed by atoms with Gasteiger partial charge in [0.1, 0.15) is 17.3 Å². The Bertz CT molecular complexity index is 864. The summed E-state index contributed by atoms with van der Waals surface area (Å²) < 4.78 is 31.3. The number of aliphatic carboxylic acids is 1. The van der Waals surface area contributed by atoms with E-state index in [4.69, 9.17) is 19.3 Å². The summed E-state index contributed by atoms with van der Waals surface area (Å²) in [7, 11) is 1.62. The monoisotopic (exact) mass is 402 g/mol. The SMILES string of the molecule is COCCc1cc(-c2cc(OC(C)C)ccc2F)ccc1OC[C@@H]1C[C@H]1C(=O)O. The lowest BCUT2D eigenvalue weighted by atomic mass is 10.00. The number of benzene rings is 2. The van der Waals surface area contributed by atoms with E-state index in [9.17, 15) is 9.18 Å². The number of rotatable bonds is 10. The number of hydrogen-bond donors (Lipinski definition) is 1. The van der Waals surface area contributed by atoms with Gasteiger partial charge in [-0.1, -0.05) is 6.07 Å². The van der Waals surface area contributed by atoms with Crippen LogP contribution in [0.2, 0.25) is 0 Å². The number of ether oxygens (including phenoxy) is 3. The van der Waals surface area contributed by atoms with E-state index in [0.29, 0.717) is 43.1 Å². The van der Waals surface area contributed by atoms with Crippen molar-refractivity contribution in [2.24, 2.45) is 11.8 Å². The fraction of sp³-hybridized carbons (Fsp3) is 0.435. The quantitative estimate of drug-likeness (QED) is 0.631. The smallest absolute Gasteiger partial charge is 0.306 e. The van der Waals surface area contributed by atoms with E-state index in [0.717, 1.165) is 11.1 Å². The molecule has 0 bridgehead atoms. The van der Waals surface area contributed by atoms with Crippen molar-refractivity contribution in [3.8, 4) is 22.6 Å². The van der Waals surface area contributed by atoms with Gasteiger partial charge in [0.25, 0.3) is 0 Å². The summed E-state index contributed by atoms with van der Waals surface area (Å²) in [5.74, 6) is -0.0676. The van der Waals surface area contributed by atoms with Crippen LogP contribution in [0.3, 0.4) is 0 Å². The lowest BCUT2D eigenvalue weighted by Crippen LogP contribution is -2.08. The number of carbonyl (C=O) groups is 1. The summed E-state index contributed by atoms with van der Waals surface area (Å²) in [6, 6.07) is 10.3. The molecule has 5 nitrogen and oxygen atoms in total. The highest BCUT2D eigenvalue weighted by molar-refractivity contribution is 5.73. The summed E-state index contributed by atoms with van der Waals surface area (Å²) in [4.78, 5) is 11.0. The second-order valence-corrected chi connectivity index (χ2v) is 7.63. The van der Waals surface area contributed by atoms with Crippen molar-refractivity contribution >= 4 is 5.97 Å². The van der Waals surface area contributed by atoms with Gasteiger partial charge in [0.2, 0.25) is 0 Å². The molecule has 29 heavy (non-hydrogen) atoms. The molecule has 2 atom stereocenters. The highest BCUT2D eigenvalue weighted by atomic mass is 19.1. The van der Waals surface area contributed by atoms with Gasteiger partial charge >= 0.3 is 5.97 Å².